The molecule has 2 aliphatic heterocycles. The molecule has 1 N–H and O–H groups in total. The van der Waals surface area contributed by atoms with Crippen molar-refractivity contribution < 1.29 is 9.59 Å². The lowest BCUT2D eigenvalue weighted by molar-refractivity contribution is -0.147. The van der Waals surface area contributed by atoms with Gasteiger partial charge in [0, 0.05) is 50.2 Å². The molecular weight excluding hydrogens is 348 g/mol. The number of nitrogens with one attached hydrogen (secondary N) is 1. The van der Waals surface area contributed by atoms with Crippen LogP contribution in [0, 0.1) is 0 Å². The zero-order valence-corrected chi connectivity index (χ0v) is 16.6. The second-order valence-electron chi connectivity index (χ2n) is 7.41. The van der Waals surface area contributed by atoms with Crippen molar-refractivity contribution in [2.45, 2.75) is 38.3 Å². The van der Waals surface area contributed by atoms with Crippen LogP contribution in [0.2, 0.25) is 0 Å². The molecule has 1 aromatic heterocycles. The molecule has 6 nitrogen and oxygen atoms in total. The molecule has 2 aliphatic rings. The van der Waals surface area contributed by atoms with E-state index in [-0.39, 0.29) is 18.0 Å². The second-order valence-corrected chi connectivity index (χ2v) is 8.39. The highest BCUT2D eigenvalue weighted by Crippen LogP contribution is 2.29. The van der Waals surface area contributed by atoms with Crippen molar-refractivity contribution >= 4 is 23.2 Å². The summed E-state index contributed by atoms with van der Waals surface area (Å²) < 4.78 is 0. The zero-order valence-electron chi connectivity index (χ0n) is 15.8. The number of nitrogens with zero attached hydrogens (tertiary/aromatic N) is 3. The molecule has 0 saturated carbocycles. The number of piperazine rings is 1. The van der Waals surface area contributed by atoms with Gasteiger partial charge in [0.2, 0.25) is 0 Å². The van der Waals surface area contributed by atoms with Crippen LogP contribution >= 0.6 is 11.3 Å². The van der Waals surface area contributed by atoms with Crippen LogP contribution in [0.5, 0.6) is 0 Å². The van der Waals surface area contributed by atoms with Crippen LogP contribution in [-0.4, -0.2) is 78.9 Å². The molecule has 2 fully saturated rings. The van der Waals surface area contributed by atoms with Crippen LogP contribution in [-0.2, 0) is 9.59 Å². The highest BCUT2D eigenvalue weighted by atomic mass is 32.1. The molecule has 144 valence electrons. The van der Waals surface area contributed by atoms with Crippen LogP contribution < -0.4 is 5.32 Å². The Balaban J connectivity index is 1.66. The molecule has 0 aliphatic carbocycles. The van der Waals surface area contributed by atoms with Crippen molar-refractivity contribution in [1.82, 2.24) is 20.0 Å². The van der Waals surface area contributed by atoms with Crippen LogP contribution in [0.4, 0.5) is 0 Å². The predicted molar refractivity (Wildman–Crippen MR) is 104 cm³/mol. The van der Waals surface area contributed by atoms with E-state index in [9.17, 15) is 9.59 Å². The standard InChI is InChI=1S/C19H30N4O2S/c1-15(20-18(24)19(25)23-8-4-3-5-9-23)17(16-7-6-14-26-16)22-12-10-21(2)11-13-22/h6-7,14-15,17H,3-5,8-13H2,1-2H3,(H,20,24)/t15-,17+/m0/s1. The number of hydrogen-bond acceptors (Lipinski definition) is 5. The second kappa shape index (κ2) is 8.97. The first-order chi connectivity index (χ1) is 12.6. The molecule has 0 radical (unpaired) electrons. The van der Waals surface area contributed by atoms with Crippen LogP contribution in [0.15, 0.2) is 17.5 Å². The van der Waals surface area contributed by atoms with Gasteiger partial charge >= 0.3 is 11.8 Å². The highest BCUT2D eigenvalue weighted by Gasteiger charge is 2.32. The molecule has 26 heavy (non-hydrogen) atoms. The number of thiophene rings is 1. The van der Waals surface area contributed by atoms with Gasteiger partial charge in [-0.25, -0.2) is 0 Å². The van der Waals surface area contributed by atoms with Gasteiger partial charge in [-0.2, -0.15) is 0 Å². The van der Waals surface area contributed by atoms with Crippen molar-refractivity contribution in [3.8, 4) is 0 Å². The van der Waals surface area contributed by atoms with Gasteiger partial charge in [-0.1, -0.05) is 6.07 Å². The lowest BCUT2D eigenvalue weighted by Gasteiger charge is -2.40. The zero-order chi connectivity index (χ0) is 18.5. The Labute approximate surface area is 160 Å². The van der Waals surface area contributed by atoms with Gasteiger partial charge in [-0.05, 0) is 44.7 Å². The molecule has 0 aromatic carbocycles. The maximum atomic E-state index is 12.5. The molecule has 0 unspecified atom stereocenters. The lowest BCUT2D eigenvalue weighted by Crippen LogP contribution is -2.53. The fourth-order valence-electron chi connectivity index (χ4n) is 3.89. The van der Waals surface area contributed by atoms with Crippen molar-refractivity contribution in [3.05, 3.63) is 22.4 Å². The minimum atomic E-state index is -0.463. The molecule has 1 aromatic rings. The number of piperidine rings is 1. The van der Waals surface area contributed by atoms with Crippen LogP contribution in [0.3, 0.4) is 0 Å². The first-order valence-electron chi connectivity index (χ1n) is 9.62. The predicted octanol–water partition coefficient (Wildman–Crippen LogP) is 1.55. The van der Waals surface area contributed by atoms with E-state index >= 15 is 0 Å². The summed E-state index contributed by atoms with van der Waals surface area (Å²) in [6.45, 7) is 7.41. The van der Waals surface area contributed by atoms with E-state index in [1.54, 1.807) is 16.2 Å². The minimum absolute atomic E-state index is 0.113. The number of likely N-dealkylation sites (N-methyl/N-ethyl adjacent to an activating group) is 1. The number of carbonyl (C=O) groups is 2. The van der Waals surface area contributed by atoms with E-state index in [1.807, 2.05) is 6.92 Å². The minimum Gasteiger partial charge on any atom is -0.343 e. The molecule has 2 amide bonds. The molecular formula is C19H30N4O2S. The summed E-state index contributed by atoms with van der Waals surface area (Å²) in [7, 11) is 2.14. The van der Waals surface area contributed by atoms with Gasteiger partial charge in [0.05, 0.1) is 6.04 Å². The average Bonchev–Trinajstić information content (AvgIpc) is 3.17. The van der Waals surface area contributed by atoms with Crippen molar-refractivity contribution in [1.29, 1.82) is 0 Å². The molecule has 2 atom stereocenters. The maximum Gasteiger partial charge on any atom is 0.311 e. The quantitative estimate of drug-likeness (QED) is 0.808. The van der Waals surface area contributed by atoms with Crippen molar-refractivity contribution in [2.75, 3.05) is 46.3 Å². The topological polar surface area (TPSA) is 55.9 Å². The van der Waals surface area contributed by atoms with E-state index in [2.05, 4.69) is 39.7 Å². The normalized spacial score (nSPS) is 22.0. The average molecular weight is 379 g/mol. The molecule has 3 heterocycles. The Hall–Kier alpha value is -1.44. The molecule has 3 rings (SSSR count). The number of amides is 2. The van der Waals surface area contributed by atoms with Gasteiger partial charge in [0.25, 0.3) is 0 Å². The third-order valence-corrected chi connectivity index (χ3v) is 6.38. The summed E-state index contributed by atoms with van der Waals surface area (Å²) in [6, 6.07) is 4.18. The Bertz CT molecular complexity index is 593. The van der Waals surface area contributed by atoms with Gasteiger partial charge in [-0.3, -0.25) is 14.5 Å². The van der Waals surface area contributed by atoms with Crippen LogP contribution in [0.25, 0.3) is 0 Å². The summed E-state index contributed by atoms with van der Waals surface area (Å²) in [5, 5.41) is 5.07. The first kappa shape index (κ1) is 19.3. The van der Waals surface area contributed by atoms with E-state index in [0.717, 1.165) is 45.4 Å². The van der Waals surface area contributed by atoms with Gasteiger partial charge in [-0.15, -0.1) is 11.3 Å². The third kappa shape index (κ3) is 4.64. The molecule has 7 heteroatoms. The van der Waals surface area contributed by atoms with E-state index in [0.29, 0.717) is 13.1 Å². The summed E-state index contributed by atoms with van der Waals surface area (Å²) in [4.78, 5) is 32.7. The Morgan fingerprint density at radius 1 is 1.08 bits per heavy atom. The van der Waals surface area contributed by atoms with Crippen molar-refractivity contribution in [2.24, 2.45) is 0 Å². The number of hydrogen-bond donors (Lipinski definition) is 1. The van der Waals surface area contributed by atoms with Crippen molar-refractivity contribution in [3.63, 3.8) is 0 Å². The highest BCUT2D eigenvalue weighted by molar-refractivity contribution is 7.10. The largest absolute Gasteiger partial charge is 0.343 e. The summed E-state index contributed by atoms with van der Waals surface area (Å²) in [5.74, 6) is -0.838. The number of likely N-dealkylation sites (tertiary alicyclic amines) is 1. The molecule has 0 bridgehead atoms. The fourth-order valence-corrected chi connectivity index (χ4v) is 4.85. The molecule has 2 saturated heterocycles. The monoisotopic (exact) mass is 378 g/mol. The first-order valence-corrected chi connectivity index (χ1v) is 10.5. The lowest BCUT2D eigenvalue weighted by atomic mass is 10.0. The van der Waals surface area contributed by atoms with Gasteiger partial charge in [0.15, 0.2) is 0 Å². The maximum absolute atomic E-state index is 12.5. The SMILES string of the molecule is C[C@H](NC(=O)C(=O)N1CCCCC1)[C@H](c1cccs1)N1CCN(C)CC1. The Morgan fingerprint density at radius 2 is 1.77 bits per heavy atom. The smallest absolute Gasteiger partial charge is 0.311 e. The summed E-state index contributed by atoms with van der Waals surface area (Å²) in [5.41, 5.74) is 0. The summed E-state index contributed by atoms with van der Waals surface area (Å²) in [6.07, 6.45) is 3.13. The Kier molecular flexibility index (Phi) is 6.67. The fraction of sp³-hybridized carbons (Fsp3) is 0.684. The van der Waals surface area contributed by atoms with Crippen LogP contribution in [0.1, 0.15) is 37.1 Å². The Morgan fingerprint density at radius 3 is 2.38 bits per heavy atom. The molecule has 0 spiro atoms. The van der Waals surface area contributed by atoms with E-state index < -0.39 is 5.91 Å². The number of carbonyl (C=O) groups excluding carboxylic acids is 2. The third-order valence-electron chi connectivity index (χ3n) is 5.44. The number of rotatable bonds is 4. The van der Waals surface area contributed by atoms with E-state index in [4.69, 9.17) is 0 Å². The van der Waals surface area contributed by atoms with Gasteiger partial charge < -0.3 is 15.1 Å². The summed E-state index contributed by atoms with van der Waals surface area (Å²) >= 11 is 1.72. The van der Waals surface area contributed by atoms with Gasteiger partial charge in [0.1, 0.15) is 0 Å². The van der Waals surface area contributed by atoms with E-state index in [1.165, 1.54) is 4.88 Å².